The molecule has 36 heavy (non-hydrogen) atoms. The largest absolute Gasteiger partial charge is 0.550 e. The second-order valence-corrected chi connectivity index (χ2v) is 10.3. The Labute approximate surface area is 213 Å². The number of hydrogen-bond acceptors (Lipinski definition) is 6. The zero-order valence-corrected chi connectivity index (χ0v) is 20.8. The van der Waals surface area contributed by atoms with Gasteiger partial charge in [0.15, 0.2) is 12.4 Å². The first-order valence-corrected chi connectivity index (χ1v) is 12.7. The van der Waals surface area contributed by atoms with Crippen molar-refractivity contribution in [1.29, 1.82) is 0 Å². The SMILES string of the molecule is C[n+]1ccc(CCn2cc(-c3csc(CNC(=O)C4(CC(=O)[O-])Cc5ccccc5C4)n3)cn2)cc1. The minimum Gasteiger partial charge on any atom is -0.550 e. The van der Waals surface area contributed by atoms with Gasteiger partial charge < -0.3 is 15.2 Å². The minimum atomic E-state index is -1.22. The Kier molecular flexibility index (Phi) is 6.65. The number of pyridine rings is 1. The van der Waals surface area contributed by atoms with Crippen molar-refractivity contribution in [2.45, 2.75) is 38.8 Å². The molecule has 1 aliphatic rings. The van der Waals surface area contributed by atoms with Crippen LogP contribution in [0.4, 0.5) is 0 Å². The number of rotatable bonds is 9. The van der Waals surface area contributed by atoms with Gasteiger partial charge in [0.1, 0.15) is 12.1 Å². The normalized spacial score (nSPS) is 13.9. The second kappa shape index (κ2) is 10.0. The highest BCUT2D eigenvalue weighted by Crippen LogP contribution is 2.40. The molecule has 0 spiro atoms. The molecule has 0 unspecified atom stereocenters. The van der Waals surface area contributed by atoms with Gasteiger partial charge in [-0.3, -0.25) is 9.48 Å². The molecule has 0 radical (unpaired) electrons. The Morgan fingerprint density at radius 2 is 1.89 bits per heavy atom. The molecule has 0 bridgehead atoms. The molecule has 9 heteroatoms. The average molecular weight is 502 g/mol. The van der Waals surface area contributed by atoms with Crippen LogP contribution in [0, 0.1) is 5.41 Å². The monoisotopic (exact) mass is 501 g/mol. The van der Waals surface area contributed by atoms with Gasteiger partial charge >= 0.3 is 0 Å². The first-order valence-electron chi connectivity index (χ1n) is 11.9. The van der Waals surface area contributed by atoms with Crippen molar-refractivity contribution in [2.24, 2.45) is 12.5 Å². The van der Waals surface area contributed by atoms with Crippen molar-refractivity contribution >= 4 is 23.2 Å². The number of nitrogens with one attached hydrogen (secondary N) is 1. The molecule has 3 heterocycles. The van der Waals surface area contributed by atoms with Gasteiger partial charge in [-0.15, -0.1) is 11.3 Å². The number of nitrogens with zero attached hydrogens (tertiary/aromatic N) is 4. The summed E-state index contributed by atoms with van der Waals surface area (Å²) in [6.07, 6.45) is 9.21. The number of aryl methyl sites for hydroxylation is 3. The number of carbonyl (C=O) groups is 2. The van der Waals surface area contributed by atoms with Crippen LogP contribution >= 0.6 is 11.3 Å². The quantitative estimate of drug-likeness (QED) is 0.351. The second-order valence-electron chi connectivity index (χ2n) is 9.37. The molecule has 1 aromatic carbocycles. The Hall–Kier alpha value is -3.85. The number of fused-ring (bicyclic) bond motifs is 1. The molecule has 1 N–H and O–H groups in total. The van der Waals surface area contributed by atoms with Crippen LogP contribution in [0.1, 0.15) is 28.1 Å². The molecule has 3 aromatic heterocycles. The maximum absolute atomic E-state index is 13.2. The lowest BCUT2D eigenvalue weighted by molar-refractivity contribution is -0.671. The number of aromatic nitrogens is 4. The third-order valence-corrected chi connectivity index (χ3v) is 7.55. The molecule has 0 aliphatic heterocycles. The highest BCUT2D eigenvalue weighted by molar-refractivity contribution is 7.09. The Morgan fingerprint density at radius 3 is 2.58 bits per heavy atom. The van der Waals surface area contributed by atoms with E-state index in [-0.39, 0.29) is 18.9 Å². The third kappa shape index (κ3) is 5.21. The van der Waals surface area contributed by atoms with Crippen LogP contribution < -0.4 is 15.0 Å². The fourth-order valence-corrected chi connectivity index (χ4v) is 5.51. The van der Waals surface area contributed by atoms with E-state index in [1.54, 1.807) is 6.20 Å². The van der Waals surface area contributed by atoms with Gasteiger partial charge in [-0.2, -0.15) is 5.10 Å². The number of benzene rings is 1. The van der Waals surface area contributed by atoms with Crippen LogP contribution in [0.2, 0.25) is 0 Å². The van der Waals surface area contributed by atoms with Gasteiger partial charge in [-0.05, 0) is 36.0 Å². The average Bonchev–Trinajstić information content (AvgIpc) is 3.60. The van der Waals surface area contributed by atoms with Crippen molar-refractivity contribution in [3.63, 3.8) is 0 Å². The maximum Gasteiger partial charge on any atom is 0.227 e. The van der Waals surface area contributed by atoms with Gasteiger partial charge in [0.25, 0.3) is 0 Å². The summed E-state index contributed by atoms with van der Waals surface area (Å²) in [5, 5.41) is 21.6. The van der Waals surface area contributed by atoms with E-state index in [1.165, 1.54) is 16.9 Å². The van der Waals surface area contributed by atoms with Gasteiger partial charge in [0, 0.05) is 48.2 Å². The number of carboxylic acid groups (broad SMARTS) is 1. The summed E-state index contributed by atoms with van der Waals surface area (Å²) < 4.78 is 3.91. The van der Waals surface area contributed by atoms with E-state index in [0.717, 1.165) is 40.4 Å². The van der Waals surface area contributed by atoms with Gasteiger partial charge in [-0.1, -0.05) is 24.3 Å². The van der Waals surface area contributed by atoms with Gasteiger partial charge in [0.05, 0.1) is 23.9 Å². The van der Waals surface area contributed by atoms with Crippen LogP contribution in [-0.2, 0) is 49.0 Å². The summed E-state index contributed by atoms with van der Waals surface area (Å²) in [4.78, 5) is 29.3. The third-order valence-electron chi connectivity index (χ3n) is 6.70. The fraction of sp³-hybridized carbons (Fsp3) is 0.296. The number of thiazole rings is 1. The number of hydrogen-bond donors (Lipinski definition) is 1. The topological polar surface area (TPSA) is 104 Å². The molecule has 4 aromatic rings. The standard InChI is InChI=1S/C27H27N5O3S/c1-31-9-6-19(7-10-31)8-11-32-17-22(15-29-32)23-18-36-24(30-23)16-28-26(35)27(14-25(33)34)12-20-4-2-3-5-21(20)13-27/h2-7,9-10,15,17-18H,8,11-14,16H2,1H3,(H-,28,33,34,35). The molecule has 1 amide bonds. The number of amides is 1. The van der Waals surface area contributed by atoms with Gasteiger partial charge in [-0.25, -0.2) is 9.55 Å². The van der Waals surface area contributed by atoms with Crippen molar-refractivity contribution in [1.82, 2.24) is 20.1 Å². The van der Waals surface area contributed by atoms with Crippen LogP contribution in [0.25, 0.3) is 11.3 Å². The number of carbonyl (C=O) groups excluding carboxylic acids is 2. The smallest absolute Gasteiger partial charge is 0.227 e. The summed E-state index contributed by atoms with van der Waals surface area (Å²) in [6, 6.07) is 11.9. The van der Waals surface area contributed by atoms with E-state index in [2.05, 4.69) is 27.5 Å². The fourth-order valence-electron chi connectivity index (χ4n) is 4.76. The predicted molar refractivity (Wildman–Crippen MR) is 132 cm³/mol. The lowest BCUT2D eigenvalue weighted by Gasteiger charge is -2.28. The molecule has 0 atom stereocenters. The summed E-state index contributed by atoms with van der Waals surface area (Å²) in [6.45, 7) is 1.01. The van der Waals surface area contributed by atoms with Crippen molar-refractivity contribution < 1.29 is 19.3 Å². The number of carboxylic acids is 1. The van der Waals surface area contributed by atoms with E-state index in [9.17, 15) is 14.7 Å². The highest BCUT2D eigenvalue weighted by Gasteiger charge is 2.43. The summed E-state index contributed by atoms with van der Waals surface area (Å²) in [7, 11) is 2.00. The molecule has 0 saturated carbocycles. The van der Waals surface area contributed by atoms with Crippen molar-refractivity contribution in [3.8, 4) is 11.3 Å². The van der Waals surface area contributed by atoms with Crippen LogP contribution in [-0.4, -0.2) is 26.6 Å². The van der Waals surface area contributed by atoms with Crippen molar-refractivity contribution in [3.05, 3.63) is 88.3 Å². The Morgan fingerprint density at radius 1 is 1.17 bits per heavy atom. The highest BCUT2D eigenvalue weighted by atomic mass is 32.1. The predicted octanol–water partition coefficient (Wildman–Crippen LogP) is 1.62. The van der Waals surface area contributed by atoms with E-state index in [4.69, 9.17) is 0 Å². The zero-order chi connectivity index (χ0) is 25.1. The van der Waals surface area contributed by atoms with Crippen LogP contribution in [0.3, 0.4) is 0 Å². The molecular weight excluding hydrogens is 474 g/mol. The van der Waals surface area contributed by atoms with Gasteiger partial charge in [0.2, 0.25) is 5.91 Å². The van der Waals surface area contributed by atoms with Crippen LogP contribution in [0.15, 0.2) is 66.6 Å². The first-order chi connectivity index (χ1) is 17.4. The lowest BCUT2D eigenvalue weighted by atomic mass is 9.80. The lowest BCUT2D eigenvalue weighted by Crippen LogP contribution is -2.45. The van der Waals surface area contributed by atoms with Crippen LogP contribution in [0.5, 0.6) is 0 Å². The maximum atomic E-state index is 13.2. The molecule has 0 saturated heterocycles. The summed E-state index contributed by atoms with van der Waals surface area (Å²) in [5.74, 6) is -1.49. The Balaban J connectivity index is 1.20. The molecule has 8 nitrogen and oxygen atoms in total. The van der Waals surface area contributed by atoms with E-state index >= 15 is 0 Å². The Bertz CT molecular complexity index is 1370. The zero-order valence-electron chi connectivity index (χ0n) is 20.0. The van der Waals surface area contributed by atoms with Crippen molar-refractivity contribution in [2.75, 3.05) is 0 Å². The first kappa shape index (κ1) is 23.9. The van der Waals surface area contributed by atoms with E-state index in [0.29, 0.717) is 12.8 Å². The molecule has 5 rings (SSSR count). The van der Waals surface area contributed by atoms with E-state index in [1.807, 2.05) is 64.5 Å². The molecule has 1 aliphatic carbocycles. The summed E-state index contributed by atoms with van der Waals surface area (Å²) in [5.41, 5.74) is 3.98. The van der Waals surface area contributed by atoms with E-state index < -0.39 is 11.4 Å². The molecule has 184 valence electrons. The molecule has 0 fully saturated rings. The summed E-state index contributed by atoms with van der Waals surface area (Å²) >= 11 is 1.46. The number of aliphatic carboxylic acids is 1. The minimum absolute atomic E-state index is 0.244. The molecular formula is C27H27N5O3S.